The van der Waals surface area contributed by atoms with Gasteiger partial charge in [-0.05, 0) is 73.8 Å². The van der Waals surface area contributed by atoms with Gasteiger partial charge in [0.2, 0.25) is 0 Å². The summed E-state index contributed by atoms with van der Waals surface area (Å²) in [5.41, 5.74) is 5.11. The van der Waals surface area contributed by atoms with Gasteiger partial charge in [-0.2, -0.15) is 0 Å². The van der Waals surface area contributed by atoms with E-state index in [1.165, 1.54) is 57.8 Å². The third-order valence-electron chi connectivity index (χ3n) is 4.35. The summed E-state index contributed by atoms with van der Waals surface area (Å²) in [4.78, 5) is 0. The molecule has 0 heterocycles. The maximum absolute atomic E-state index is 2.46. The van der Waals surface area contributed by atoms with E-state index in [1.807, 2.05) is 0 Å². The van der Waals surface area contributed by atoms with Crippen molar-refractivity contribution in [2.45, 2.75) is 78.6 Å². The zero-order chi connectivity index (χ0) is 15.7. The lowest BCUT2D eigenvalue weighted by Crippen LogP contribution is -2.14. The Kier molecular flexibility index (Phi) is 9.25. The van der Waals surface area contributed by atoms with Gasteiger partial charge < -0.3 is 0 Å². The van der Waals surface area contributed by atoms with E-state index in [1.54, 1.807) is 22.0 Å². The van der Waals surface area contributed by atoms with Crippen LogP contribution in [0.5, 0.6) is 0 Å². The number of rotatable bonds is 10. The number of unbranched alkanes of at least 4 members (excludes halogenated alkanes) is 3. The van der Waals surface area contributed by atoms with Gasteiger partial charge in [0.15, 0.2) is 0 Å². The molecule has 1 heteroatoms. The van der Waals surface area contributed by atoms with Crippen molar-refractivity contribution < 1.29 is 0 Å². The Morgan fingerprint density at radius 1 is 0.714 bits per heavy atom. The minimum atomic E-state index is 0.0106. The Hall–Kier alpha value is -0.350. The first-order chi connectivity index (χ1) is 10.2. The molecule has 1 aromatic rings. The molecule has 0 fully saturated rings. The minimum Gasteiger partial charge on any atom is -0.0814 e. The Labute approximate surface area is 134 Å². The summed E-state index contributed by atoms with van der Waals surface area (Å²) >= 11 is 0. The topological polar surface area (TPSA) is 0 Å². The highest BCUT2D eigenvalue weighted by atomic mass is 31.1. The number of hydrogen-bond donors (Lipinski definition) is 0. The van der Waals surface area contributed by atoms with Crippen molar-refractivity contribution in [2.24, 2.45) is 0 Å². The van der Waals surface area contributed by atoms with Crippen molar-refractivity contribution in [2.75, 3.05) is 13.3 Å². The molecule has 0 aliphatic rings. The first kappa shape index (κ1) is 18.7. The SMILES string of the molecule is CCCCc1ccc(P(C)C)c(CCCC)c1CCCC. The number of benzene rings is 1. The number of aryl methyl sites for hydroxylation is 1. The molecule has 0 saturated heterocycles. The van der Waals surface area contributed by atoms with Gasteiger partial charge in [-0.25, -0.2) is 0 Å². The van der Waals surface area contributed by atoms with Gasteiger partial charge in [0, 0.05) is 0 Å². The highest BCUT2D eigenvalue weighted by Crippen LogP contribution is 2.31. The molecular weight excluding hydrogens is 271 g/mol. The summed E-state index contributed by atoms with van der Waals surface area (Å²) in [7, 11) is 0.0106. The molecule has 120 valence electrons. The average molecular weight is 306 g/mol. The molecule has 0 aliphatic carbocycles. The van der Waals surface area contributed by atoms with Crippen LogP contribution < -0.4 is 5.30 Å². The molecule has 0 aliphatic heterocycles. The molecule has 0 N–H and O–H groups in total. The molecule has 0 atom stereocenters. The number of hydrogen-bond acceptors (Lipinski definition) is 0. The van der Waals surface area contributed by atoms with Crippen LogP contribution in [0.3, 0.4) is 0 Å². The normalized spacial score (nSPS) is 11.3. The highest BCUT2D eigenvalue weighted by Gasteiger charge is 2.14. The van der Waals surface area contributed by atoms with E-state index < -0.39 is 0 Å². The molecule has 0 radical (unpaired) electrons. The van der Waals surface area contributed by atoms with Crippen molar-refractivity contribution in [3.8, 4) is 0 Å². The van der Waals surface area contributed by atoms with Crippen LogP contribution in [0, 0.1) is 0 Å². The van der Waals surface area contributed by atoms with Gasteiger partial charge in [-0.1, -0.05) is 60.1 Å². The monoisotopic (exact) mass is 306 g/mol. The fourth-order valence-electron chi connectivity index (χ4n) is 3.05. The zero-order valence-electron chi connectivity index (χ0n) is 15.0. The van der Waals surface area contributed by atoms with E-state index in [9.17, 15) is 0 Å². The van der Waals surface area contributed by atoms with Crippen molar-refractivity contribution in [1.82, 2.24) is 0 Å². The third kappa shape index (κ3) is 5.74. The fraction of sp³-hybridized carbons (Fsp3) is 0.700. The predicted molar refractivity (Wildman–Crippen MR) is 101 cm³/mol. The summed E-state index contributed by atoms with van der Waals surface area (Å²) in [5.74, 6) is 0. The van der Waals surface area contributed by atoms with Crippen molar-refractivity contribution >= 4 is 13.2 Å². The average Bonchev–Trinajstić information content (AvgIpc) is 2.48. The Bertz CT molecular complexity index is 407. The van der Waals surface area contributed by atoms with Crippen LogP contribution in [-0.2, 0) is 19.3 Å². The van der Waals surface area contributed by atoms with E-state index in [0.717, 1.165) is 0 Å². The quantitative estimate of drug-likeness (QED) is 0.459. The molecule has 0 nitrogen and oxygen atoms in total. The van der Waals surface area contributed by atoms with E-state index in [-0.39, 0.29) is 7.92 Å². The first-order valence-electron chi connectivity index (χ1n) is 8.96. The zero-order valence-corrected chi connectivity index (χ0v) is 15.9. The molecular formula is C20H35P. The molecule has 1 rings (SSSR count). The van der Waals surface area contributed by atoms with E-state index >= 15 is 0 Å². The molecule has 0 amide bonds. The second-order valence-electron chi connectivity index (χ2n) is 6.41. The molecule has 0 bridgehead atoms. The minimum absolute atomic E-state index is 0.0106. The standard InChI is InChI=1S/C20H35P/c1-6-9-12-17-15-16-20(21(4)5)19(14-11-8-3)18(17)13-10-7-2/h15-16H,6-14H2,1-5H3. The van der Waals surface area contributed by atoms with Crippen LogP contribution in [0.15, 0.2) is 12.1 Å². The van der Waals surface area contributed by atoms with E-state index in [2.05, 4.69) is 46.2 Å². The first-order valence-corrected chi connectivity index (χ1v) is 11.2. The second-order valence-corrected chi connectivity index (χ2v) is 8.68. The largest absolute Gasteiger partial charge is 0.0814 e. The maximum atomic E-state index is 2.46. The van der Waals surface area contributed by atoms with Gasteiger partial charge in [0.05, 0.1) is 0 Å². The lowest BCUT2D eigenvalue weighted by atomic mass is 9.91. The van der Waals surface area contributed by atoms with Gasteiger partial charge in [-0.15, -0.1) is 0 Å². The molecule has 21 heavy (non-hydrogen) atoms. The van der Waals surface area contributed by atoms with E-state index in [4.69, 9.17) is 0 Å². The summed E-state index contributed by atoms with van der Waals surface area (Å²) in [6.07, 6.45) is 11.8. The molecule has 0 unspecified atom stereocenters. The fourth-order valence-corrected chi connectivity index (χ4v) is 4.21. The van der Waals surface area contributed by atoms with E-state index in [0.29, 0.717) is 0 Å². The summed E-state index contributed by atoms with van der Waals surface area (Å²) in [6, 6.07) is 4.91. The Morgan fingerprint density at radius 2 is 1.24 bits per heavy atom. The second kappa shape index (κ2) is 10.4. The summed E-state index contributed by atoms with van der Waals surface area (Å²) in [5, 5.41) is 1.67. The van der Waals surface area contributed by atoms with Crippen LogP contribution in [0.1, 0.15) is 76.0 Å². The van der Waals surface area contributed by atoms with Crippen LogP contribution in [0.4, 0.5) is 0 Å². The third-order valence-corrected chi connectivity index (χ3v) is 5.73. The highest BCUT2D eigenvalue weighted by molar-refractivity contribution is 7.64. The smallest absolute Gasteiger partial charge is 0.0211 e. The molecule has 0 saturated carbocycles. The predicted octanol–water partition coefficient (Wildman–Crippen LogP) is 6.08. The van der Waals surface area contributed by atoms with Crippen molar-refractivity contribution in [1.29, 1.82) is 0 Å². The maximum Gasteiger partial charge on any atom is -0.0211 e. The summed E-state index contributed by atoms with van der Waals surface area (Å²) < 4.78 is 0. The Balaban J connectivity index is 3.19. The van der Waals surface area contributed by atoms with Crippen LogP contribution in [0.2, 0.25) is 0 Å². The van der Waals surface area contributed by atoms with Gasteiger partial charge in [0.25, 0.3) is 0 Å². The van der Waals surface area contributed by atoms with Crippen molar-refractivity contribution in [3.63, 3.8) is 0 Å². The summed E-state index contributed by atoms with van der Waals surface area (Å²) in [6.45, 7) is 11.8. The lowest BCUT2D eigenvalue weighted by molar-refractivity contribution is 0.737. The van der Waals surface area contributed by atoms with Crippen LogP contribution >= 0.6 is 7.92 Å². The van der Waals surface area contributed by atoms with Gasteiger partial charge in [0.1, 0.15) is 0 Å². The van der Waals surface area contributed by atoms with Crippen LogP contribution in [-0.4, -0.2) is 13.3 Å². The lowest BCUT2D eigenvalue weighted by Gasteiger charge is -2.21. The van der Waals surface area contributed by atoms with Crippen LogP contribution in [0.25, 0.3) is 0 Å². The molecule has 1 aromatic carbocycles. The van der Waals surface area contributed by atoms with Gasteiger partial charge >= 0.3 is 0 Å². The van der Waals surface area contributed by atoms with Crippen molar-refractivity contribution in [3.05, 3.63) is 28.8 Å². The molecule has 0 spiro atoms. The van der Waals surface area contributed by atoms with Gasteiger partial charge in [-0.3, -0.25) is 0 Å². The Morgan fingerprint density at radius 3 is 1.76 bits per heavy atom. The molecule has 0 aromatic heterocycles.